The third-order valence-corrected chi connectivity index (χ3v) is 3.94. The second kappa shape index (κ2) is 7.27. The molecule has 8 atom stereocenters. The summed E-state index contributed by atoms with van der Waals surface area (Å²) in [6.07, 6.45) is -8.14. The topological polar surface area (TPSA) is 152 Å². The lowest BCUT2D eigenvalue weighted by Crippen LogP contribution is -2.60. The maximum Gasteiger partial charge on any atom is 0.186 e. The van der Waals surface area contributed by atoms with E-state index < -0.39 is 55.6 Å². The zero-order valence-corrected chi connectivity index (χ0v) is 11.4. The van der Waals surface area contributed by atoms with Gasteiger partial charge in [0.15, 0.2) is 6.29 Å². The molecule has 2 aliphatic rings. The Labute approximate surface area is 121 Å². The van der Waals surface area contributed by atoms with Crippen molar-refractivity contribution in [2.75, 3.05) is 19.8 Å². The van der Waals surface area contributed by atoms with E-state index in [4.69, 9.17) is 14.6 Å². The van der Waals surface area contributed by atoms with Gasteiger partial charge in [-0.1, -0.05) is 0 Å². The van der Waals surface area contributed by atoms with Crippen LogP contribution in [0.3, 0.4) is 0 Å². The van der Waals surface area contributed by atoms with Crippen molar-refractivity contribution in [2.24, 2.45) is 0 Å². The van der Waals surface area contributed by atoms with E-state index in [2.05, 4.69) is 5.32 Å². The van der Waals surface area contributed by atoms with Gasteiger partial charge < -0.3 is 45.4 Å². The first-order valence-electron chi connectivity index (χ1n) is 6.97. The Bertz CT molecular complexity index is 330. The second-order valence-electron chi connectivity index (χ2n) is 5.44. The van der Waals surface area contributed by atoms with Crippen LogP contribution in [-0.2, 0) is 9.47 Å². The third kappa shape index (κ3) is 3.70. The molecule has 2 aliphatic heterocycles. The summed E-state index contributed by atoms with van der Waals surface area (Å²) in [6.45, 7) is -0.0876. The Balaban J connectivity index is 1.89. The number of hydrogen-bond donors (Lipinski definition) is 7. The van der Waals surface area contributed by atoms with Crippen molar-refractivity contribution in [3.05, 3.63) is 0 Å². The van der Waals surface area contributed by atoms with E-state index in [0.29, 0.717) is 13.0 Å². The van der Waals surface area contributed by atoms with Gasteiger partial charge in [0.05, 0.1) is 31.5 Å². The lowest BCUT2D eigenvalue weighted by Gasteiger charge is -2.40. The van der Waals surface area contributed by atoms with Crippen LogP contribution in [0.2, 0.25) is 0 Å². The molecule has 9 nitrogen and oxygen atoms in total. The predicted molar refractivity (Wildman–Crippen MR) is 68.1 cm³/mol. The quantitative estimate of drug-likeness (QED) is 0.275. The molecule has 9 heteroatoms. The highest BCUT2D eigenvalue weighted by Gasteiger charge is 2.44. The summed E-state index contributed by atoms with van der Waals surface area (Å²) in [5.41, 5.74) is 0. The van der Waals surface area contributed by atoms with Gasteiger partial charge in [0.25, 0.3) is 0 Å². The molecular formula is C12H23NO8. The molecule has 0 bridgehead atoms. The first kappa shape index (κ1) is 17.0. The van der Waals surface area contributed by atoms with E-state index >= 15 is 0 Å². The lowest BCUT2D eigenvalue weighted by atomic mass is 9.98. The highest BCUT2D eigenvalue weighted by Crippen LogP contribution is 2.22. The zero-order valence-electron chi connectivity index (χ0n) is 11.4. The van der Waals surface area contributed by atoms with Crippen LogP contribution in [0.4, 0.5) is 0 Å². The van der Waals surface area contributed by atoms with Crippen LogP contribution in [0.15, 0.2) is 0 Å². The van der Waals surface area contributed by atoms with E-state index in [1.54, 1.807) is 0 Å². The van der Waals surface area contributed by atoms with E-state index in [-0.39, 0.29) is 6.61 Å². The Kier molecular flexibility index (Phi) is 5.88. The first-order chi connectivity index (χ1) is 9.95. The monoisotopic (exact) mass is 309 g/mol. The van der Waals surface area contributed by atoms with Crippen LogP contribution in [-0.4, -0.2) is 99.4 Å². The number of rotatable bonds is 4. The molecule has 0 aromatic heterocycles. The Morgan fingerprint density at radius 3 is 2.38 bits per heavy atom. The molecule has 0 saturated carbocycles. The van der Waals surface area contributed by atoms with Crippen molar-refractivity contribution in [2.45, 2.75) is 55.4 Å². The number of ether oxygens (including phenoxy) is 2. The van der Waals surface area contributed by atoms with Crippen LogP contribution in [0.1, 0.15) is 6.42 Å². The van der Waals surface area contributed by atoms with Crippen molar-refractivity contribution in [1.82, 2.24) is 5.32 Å². The maximum absolute atomic E-state index is 9.80. The molecule has 124 valence electrons. The number of aliphatic hydroxyl groups excluding tert-OH is 6. The highest BCUT2D eigenvalue weighted by molar-refractivity contribution is 4.90. The minimum Gasteiger partial charge on any atom is -0.394 e. The van der Waals surface area contributed by atoms with Crippen LogP contribution < -0.4 is 5.32 Å². The number of hydrogen-bond acceptors (Lipinski definition) is 9. The molecule has 0 radical (unpaired) electrons. The van der Waals surface area contributed by atoms with Crippen molar-refractivity contribution in [3.8, 4) is 0 Å². The molecule has 0 spiro atoms. The van der Waals surface area contributed by atoms with Gasteiger partial charge in [0, 0.05) is 0 Å². The smallest absolute Gasteiger partial charge is 0.186 e. The zero-order chi connectivity index (χ0) is 15.6. The molecule has 0 unspecified atom stereocenters. The molecular weight excluding hydrogens is 286 g/mol. The SMILES string of the molecule is OC[C@H]1O[C@@H](OC[C@H]2NCC[C@@H](O)[C@@H]2O)[C@H](O)[C@@H](O)[C@@H]1O. The summed E-state index contributed by atoms with van der Waals surface area (Å²) in [6, 6.07) is -0.541. The minimum atomic E-state index is -1.50. The lowest BCUT2D eigenvalue weighted by molar-refractivity contribution is -0.303. The maximum atomic E-state index is 9.80. The van der Waals surface area contributed by atoms with Crippen LogP contribution in [0.5, 0.6) is 0 Å². The first-order valence-corrected chi connectivity index (χ1v) is 6.97. The van der Waals surface area contributed by atoms with Crippen LogP contribution in [0.25, 0.3) is 0 Å². The van der Waals surface area contributed by atoms with E-state index in [9.17, 15) is 25.5 Å². The van der Waals surface area contributed by atoms with Crippen molar-refractivity contribution < 1.29 is 40.1 Å². The largest absolute Gasteiger partial charge is 0.394 e. The van der Waals surface area contributed by atoms with Gasteiger partial charge in [-0.3, -0.25) is 0 Å². The highest BCUT2D eigenvalue weighted by atomic mass is 16.7. The fourth-order valence-corrected chi connectivity index (χ4v) is 2.54. The standard InChI is InChI=1S/C12H23NO8/c14-3-7-9(17)10(18)11(19)12(21-7)20-4-5-8(16)6(15)1-2-13-5/h5-19H,1-4H2/t5-,6-,7-,8-,9-,10+,11-,12-/m1/s1. The molecule has 0 aromatic carbocycles. The van der Waals surface area contributed by atoms with Crippen LogP contribution >= 0.6 is 0 Å². The second-order valence-corrected chi connectivity index (χ2v) is 5.44. The molecule has 2 saturated heterocycles. The van der Waals surface area contributed by atoms with Gasteiger partial charge in [0.2, 0.25) is 0 Å². The van der Waals surface area contributed by atoms with Gasteiger partial charge in [0.1, 0.15) is 24.4 Å². The Hall–Kier alpha value is -0.360. The van der Waals surface area contributed by atoms with Gasteiger partial charge in [-0.25, -0.2) is 0 Å². The van der Waals surface area contributed by atoms with Gasteiger partial charge >= 0.3 is 0 Å². The Morgan fingerprint density at radius 1 is 1.00 bits per heavy atom. The van der Waals surface area contributed by atoms with Crippen LogP contribution in [0, 0.1) is 0 Å². The molecule has 0 aliphatic carbocycles. The third-order valence-electron chi connectivity index (χ3n) is 3.94. The summed E-state index contributed by atoms with van der Waals surface area (Å²) in [4.78, 5) is 0. The predicted octanol–water partition coefficient (Wildman–Crippen LogP) is -4.11. The molecule has 2 fully saturated rings. The fraction of sp³-hybridized carbons (Fsp3) is 1.00. The van der Waals surface area contributed by atoms with Gasteiger partial charge in [-0.2, -0.15) is 0 Å². The fourth-order valence-electron chi connectivity index (χ4n) is 2.54. The number of piperidine rings is 1. The van der Waals surface area contributed by atoms with Gasteiger partial charge in [-0.15, -0.1) is 0 Å². The average Bonchev–Trinajstić information content (AvgIpc) is 2.48. The summed E-state index contributed by atoms with van der Waals surface area (Å²) in [7, 11) is 0. The minimum absolute atomic E-state index is 0.0685. The summed E-state index contributed by atoms with van der Waals surface area (Å²) < 4.78 is 10.5. The van der Waals surface area contributed by atoms with Crippen molar-refractivity contribution >= 4 is 0 Å². The molecule has 7 N–H and O–H groups in total. The summed E-state index contributed by atoms with van der Waals surface area (Å²) in [5.74, 6) is 0. The molecule has 0 aromatic rings. The van der Waals surface area contributed by atoms with E-state index in [0.717, 1.165) is 0 Å². The molecule has 0 amide bonds. The summed E-state index contributed by atoms with van der Waals surface area (Å²) in [5, 5.41) is 60.4. The van der Waals surface area contributed by atoms with E-state index in [1.807, 2.05) is 0 Å². The summed E-state index contributed by atoms with van der Waals surface area (Å²) >= 11 is 0. The number of aliphatic hydroxyl groups is 6. The normalized spacial score (nSPS) is 48.3. The average molecular weight is 309 g/mol. The molecule has 2 heterocycles. The van der Waals surface area contributed by atoms with Crippen molar-refractivity contribution in [1.29, 1.82) is 0 Å². The number of nitrogens with one attached hydrogen (secondary N) is 1. The van der Waals surface area contributed by atoms with E-state index in [1.165, 1.54) is 0 Å². The molecule has 2 rings (SSSR count). The van der Waals surface area contributed by atoms with Gasteiger partial charge in [-0.05, 0) is 13.0 Å². The Morgan fingerprint density at radius 2 is 1.71 bits per heavy atom. The van der Waals surface area contributed by atoms with Crippen molar-refractivity contribution in [3.63, 3.8) is 0 Å². The molecule has 21 heavy (non-hydrogen) atoms.